The normalized spacial score (nSPS) is 15.8. The van der Waals surface area contributed by atoms with Crippen molar-refractivity contribution < 1.29 is 14.0 Å². The molecule has 0 aromatic carbocycles. The van der Waals surface area contributed by atoms with Gasteiger partial charge in [-0.3, -0.25) is 4.48 Å². The highest BCUT2D eigenvalue weighted by Crippen LogP contribution is 1.99. The second kappa shape index (κ2) is 4.26. The fraction of sp³-hybridized carbons (Fsp3) is 0.714. The molecule has 0 radical (unpaired) electrons. The molecule has 0 spiro atoms. The van der Waals surface area contributed by atoms with Gasteiger partial charge in [0, 0.05) is 0 Å². The van der Waals surface area contributed by atoms with Gasteiger partial charge in [0.05, 0.1) is 13.7 Å². The highest BCUT2D eigenvalue weighted by Gasteiger charge is 2.17. The van der Waals surface area contributed by atoms with E-state index in [0.717, 1.165) is 0 Å². The highest BCUT2D eigenvalue weighted by molar-refractivity contribution is 4.83. The lowest BCUT2D eigenvalue weighted by molar-refractivity contribution is -0.915. The summed E-state index contributed by atoms with van der Waals surface area (Å²) in [5.41, 5.74) is 0. The third-order valence-corrected chi connectivity index (χ3v) is 1.40. The molecule has 2 nitrogen and oxygen atoms in total. The van der Waals surface area contributed by atoms with Crippen molar-refractivity contribution in [3.8, 4) is 12.3 Å². The largest absolute Gasteiger partial charge is 0.391 e. The number of halogens is 1. The van der Waals surface area contributed by atoms with E-state index >= 15 is 0 Å². The lowest BCUT2D eigenvalue weighted by Crippen LogP contribution is -2.45. The lowest BCUT2D eigenvalue weighted by atomic mass is 10.4. The zero-order valence-corrected chi connectivity index (χ0v) is 6.18. The number of aliphatic hydroxyl groups excluding tert-OH is 1. The van der Waals surface area contributed by atoms with Crippen molar-refractivity contribution in [3.05, 3.63) is 0 Å². The predicted octanol–water partition coefficient (Wildman–Crippen LogP) is -0.0145. The van der Waals surface area contributed by atoms with Gasteiger partial charge in [-0.05, 0) is 5.92 Å². The van der Waals surface area contributed by atoms with Crippen LogP contribution in [-0.2, 0) is 0 Å². The molecule has 0 saturated heterocycles. The summed E-state index contributed by atoms with van der Waals surface area (Å²) in [7, 11) is 1.68. The number of alkyl halides is 1. The zero-order chi connectivity index (χ0) is 8.04. The Kier molecular flexibility index (Phi) is 4.01. The van der Waals surface area contributed by atoms with Crippen molar-refractivity contribution in [2.75, 3.05) is 33.5 Å². The van der Waals surface area contributed by atoms with Gasteiger partial charge in [0.2, 0.25) is 6.80 Å². The first-order valence-corrected chi connectivity index (χ1v) is 3.12. The van der Waals surface area contributed by atoms with Gasteiger partial charge in [0.25, 0.3) is 0 Å². The molecule has 0 saturated carbocycles. The monoisotopic (exact) mass is 146 g/mol. The molecule has 0 bridgehead atoms. The van der Waals surface area contributed by atoms with E-state index in [9.17, 15) is 4.39 Å². The van der Waals surface area contributed by atoms with Crippen LogP contribution in [0.5, 0.6) is 0 Å². The Bertz CT molecular complexity index is 132. The second-order valence-electron chi connectivity index (χ2n) is 2.55. The van der Waals surface area contributed by atoms with Gasteiger partial charge in [0.1, 0.15) is 13.1 Å². The first kappa shape index (κ1) is 9.41. The molecule has 0 unspecified atom stereocenters. The van der Waals surface area contributed by atoms with Crippen LogP contribution < -0.4 is 0 Å². The van der Waals surface area contributed by atoms with Crippen molar-refractivity contribution in [1.82, 2.24) is 0 Å². The van der Waals surface area contributed by atoms with Gasteiger partial charge in [-0.15, -0.1) is 6.42 Å². The standard InChI is InChI=1S/C7H13FNO/c1-3-4-9(2,7-8)5-6-10/h1,10H,4-7H2,2H3/q+1/t9-/m0/s1. The van der Waals surface area contributed by atoms with E-state index in [0.29, 0.717) is 13.1 Å². The molecule has 58 valence electrons. The number of likely N-dealkylation sites (N-methyl/N-ethyl adjacent to an activating group) is 1. The van der Waals surface area contributed by atoms with Crippen LogP contribution in [0.15, 0.2) is 0 Å². The van der Waals surface area contributed by atoms with Gasteiger partial charge < -0.3 is 5.11 Å². The van der Waals surface area contributed by atoms with E-state index in [1.807, 2.05) is 0 Å². The molecule has 0 rings (SSSR count). The SMILES string of the molecule is C#CC[N@+](C)(CF)CCO. The molecule has 0 amide bonds. The number of hydrogen-bond acceptors (Lipinski definition) is 1. The summed E-state index contributed by atoms with van der Waals surface area (Å²) in [6, 6.07) is 0. The maximum absolute atomic E-state index is 12.2. The Labute approximate surface area is 60.9 Å². The van der Waals surface area contributed by atoms with E-state index in [-0.39, 0.29) is 11.1 Å². The van der Waals surface area contributed by atoms with Crippen LogP contribution in [0.3, 0.4) is 0 Å². The molecule has 1 N–H and O–H groups in total. The molecule has 0 aromatic heterocycles. The topological polar surface area (TPSA) is 20.2 Å². The molecular formula is C7H13FNO+. The van der Waals surface area contributed by atoms with E-state index in [1.165, 1.54) is 0 Å². The molecule has 0 aliphatic heterocycles. The second-order valence-corrected chi connectivity index (χ2v) is 2.55. The summed E-state index contributed by atoms with van der Waals surface area (Å²) in [5.74, 6) is 2.37. The highest BCUT2D eigenvalue weighted by atomic mass is 19.1. The third kappa shape index (κ3) is 2.81. The van der Waals surface area contributed by atoms with Gasteiger partial charge in [-0.25, -0.2) is 0 Å². The fourth-order valence-corrected chi connectivity index (χ4v) is 0.643. The van der Waals surface area contributed by atoms with Crippen molar-refractivity contribution in [2.24, 2.45) is 0 Å². The average Bonchev–Trinajstić information content (AvgIpc) is 1.89. The summed E-state index contributed by atoms with van der Waals surface area (Å²) in [6.45, 7) is 0.157. The third-order valence-electron chi connectivity index (χ3n) is 1.40. The fourth-order valence-electron chi connectivity index (χ4n) is 0.643. The summed E-state index contributed by atoms with van der Waals surface area (Å²) in [6.07, 6.45) is 5.01. The minimum Gasteiger partial charge on any atom is -0.391 e. The van der Waals surface area contributed by atoms with Crippen molar-refractivity contribution in [3.63, 3.8) is 0 Å². The van der Waals surface area contributed by atoms with E-state index in [2.05, 4.69) is 5.92 Å². The molecule has 0 heterocycles. The predicted molar refractivity (Wildman–Crippen MR) is 37.8 cm³/mol. The van der Waals surface area contributed by atoms with E-state index in [1.54, 1.807) is 7.05 Å². The Morgan fingerprint density at radius 3 is 2.60 bits per heavy atom. The van der Waals surface area contributed by atoms with Gasteiger partial charge in [-0.2, -0.15) is 4.39 Å². The quantitative estimate of drug-likeness (QED) is 0.336. The number of aliphatic hydroxyl groups is 1. The van der Waals surface area contributed by atoms with Crippen LogP contribution >= 0.6 is 0 Å². The van der Waals surface area contributed by atoms with Gasteiger partial charge in [0.15, 0.2) is 0 Å². The molecule has 0 aromatic rings. The van der Waals surface area contributed by atoms with Gasteiger partial charge in [-0.1, -0.05) is 0 Å². The Morgan fingerprint density at radius 1 is 1.70 bits per heavy atom. The molecule has 10 heavy (non-hydrogen) atoms. The minimum atomic E-state index is -0.523. The maximum Gasteiger partial charge on any atom is 0.222 e. The number of nitrogens with zero attached hydrogens (tertiary/aromatic N) is 1. The molecule has 3 heteroatoms. The maximum atomic E-state index is 12.2. The first-order chi connectivity index (χ1) is 4.68. The molecule has 1 atom stereocenters. The van der Waals surface area contributed by atoms with Crippen molar-refractivity contribution in [2.45, 2.75) is 0 Å². The molecular weight excluding hydrogens is 133 g/mol. The summed E-state index contributed by atoms with van der Waals surface area (Å²) in [4.78, 5) is 0. The number of terminal acetylenes is 1. The van der Waals surface area contributed by atoms with Crippen molar-refractivity contribution in [1.29, 1.82) is 0 Å². The molecule has 0 fully saturated rings. The van der Waals surface area contributed by atoms with Crippen LogP contribution in [0.1, 0.15) is 0 Å². The summed E-state index contributed by atoms with van der Waals surface area (Å²) in [5, 5.41) is 8.51. The van der Waals surface area contributed by atoms with E-state index in [4.69, 9.17) is 11.5 Å². The van der Waals surface area contributed by atoms with Crippen molar-refractivity contribution >= 4 is 0 Å². The van der Waals surface area contributed by atoms with E-state index < -0.39 is 6.80 Å². The Balaban J connectivity index is 3.84. The van der Waals surface area contributed by atoms with Crippen LogP contribution in [0.2, 0.25) is 0 Å². The Hall–Kier alpha value is -0.590. The number of hydrogen-bond donors (Lipinski definition) is 1. The van der Waals surface area contributed by atoms with Gasteiger partial charge >= 0.3 is 0 Å². The average molecular weight is 146 g/mol. The van der Waals surface area contributed by atoms with Crippen LogP contribution in [0, 0.1) is 12.3 Å². The molecule has 0 aliphatic carbocycles. The summed E-state index contributed by atoms with van der Waals surface area (Å²) >= 11 is 0. The lowest BCUT2D eigenvalue weighted by Gasteiger charge is -2.27. The first-order valence-electron chi connectivity index (χ1n) is 3.12. The van der Waals surface area contributed by atoms with Crippen LogP contribution in [-0.4, -0.2) is 43.1 Å². The number of rotatable bonds is 4. The Morgan fingerprint density at radius 2 is 2.30 bits per heavy atom. The number of quaternary nitrogens is 1. The zero-order valence-electron chi connectivity index (χ0n) is 6.18. The smallest absolute Gasteiger partial charge is 0.222 e. The van der Waals surface area contributed by atoms with Crippen LogP contribution in [0.4, 0.5) is 4.39 Å². The minimum absolute atomic E-state index is 0.0257. The summed E-state index contributed by atoms with van der Waals surface area (Å²) < 4.78 is 12.3. The van der Waals surface area contributed by atoms with Crippen LogP contribution in [0.25, 0.3) is 0 Å². The molecule has 0 aliphatic rings.